The zero-order chi connectivity index (χ0) is 35.0. The quantitative estimate of drug-likeness (QED) is 0.162. The number of nitrogens with zero attached hydrogens (tertiary/aromatic N) is 4. The number of aromatic hydroxyl groups is 1. The van der Waals surface area contributed by atoms with Crippen LogP contribution in [0.1, 0.15) is 56.7 Å². The SMILES string of the molecule is CCOc1ccc(CCN2C(=S)N([C@@H](Cc3ccccc3)CN3CCC[C@@H]3CN3C(=S)NC[C@@H]3Cc3ccc(O)cc3)C[C@@H]2CC(C)C)cc1. The number of ether oxygens (including phenoxy) is 1. The molecule has 7 nitrogen and oxygen atoms in total. The lowest BCUT2D eigenvalue weighted by Gasteiger charge is -2.37. The predicted octanol–water partition coefficient (Wildman–Crippen LogP) is 6.53. The summed E-state index contributed by atoms with van der Waals surface area (Å²) in [6, 6.07) is 28.6. The van der Waals surface area contributed by atoms with Gasteiger partial charge in [-0.2, -0.15) is 0 Å². The van der Waals surface area contributed by atoms with Crippen LogP contribution >= 0.6 is 24.4 Å². The van der Waals surface area contributed by atoms with Gasteiger partial charge in [-0.3, -0.25) is 4.90 Å². The zero-order valence-electron chi connectivity index (χ0n) is 30.0. The first-order valence-electron chi connectivity index (χ1n) is 18.7. The molecule has 0 saturated carbocycles. The van der Waals surface area contributed by atoms with Gasteiger partial charge in [0.1, 0.15) is 11.5 Å². The molecule has 4 atom stereocenters. The Morgan fingerprint density at radius 1 is 0.880 bits per heavy atom. The first-order chi connectivity index (χ1) is 24.3. The van der Waals surface area contributed by atoms with Crippen LogP contribution in [0.3, 0.4) is 0 Å². The number of nitrogens with one attached hydrogen (secondary N) is 1. The first-order valence-corrected chi connectivity index (χ1v) is 19.5. The highest BCUT2D eigenvalue weighted by Gasteiger charge is 2.40. The van der Waals surface area contributed by atoms with E-state index in [1.807, 2.05) is 19.1 Å². The van der Waals surface area contributed by atoms with Gasteiger partial charge in [0.25, 0.3) is 0 Å². The molecule has 6 rings (SSSR count). The molecule has 0 unspecified atom stereocenters. The molecular weight excluding hydrogens is 659 g/mol. The molecule has 268 valence electrons. The molecule has 0 amide bonds. The van der Waals surface area contributed by atoms with E-state index < -0.39 is 0 Å². The molecular formula is C41H55N5O2S2. The standard InChI is InChI=1S/C41H55N5O2S2/c1-4-48-39-18-14-31(15-19-39)20-22-44-36(23-30(2)3)29-46(41(44)50)37(25-32-9-6-5-7-10-32)27-43-21-8-11-34(43)28-45-35(26-42-40(45)49)24-33-12-16-38(47)17-13-33/h5-7,9-10,12-19,30,34-37,47H,4,8,11,20-29H2,1-3H3,(H,42,49)/t34-,35+,36+,37+/m1/s1. The third-order valence-corrected chi connectivity index (χ3v) is 11.5. The molecule has 0 aliphatic carbocycles. The van der Waals surface area contributed by atoms with E-state index in [0.717, 1.165) is 80.9 Å². The van der Waals surface area contributed by atoms with E-state index in [9.17, 15) is 5.11 Å². The molecule has 3 fully saturated rings. The summed E-state index contributed by atoms with van der Waals surface area (Å²) < 4.78 is 5.68. The molecule has 0 bridgehead atoms. The van der Waals surface area contributed by atoms with Gasteiger partial charge in [-0.25, -0.2) is 0 Å². The number of hydrogen-bond acceptors (Lipinski definition) is 5. The molecule has 3 aliphatic heterocycles. The van der Waals surface area contributed by atoms with Crippen molar-refractivity contribution in [1.82, 2.24) is 24.9 Å². The average Bonchev–Trinajstić information content (AvgIpc) is 3.79. The Morgan fingerprint density at radius 2 is 1.62 bits per heavy atom. The lowest BCUT2D eigenvalue weighted by Crippen LogP contribution is -2.51. The Morgan fingerprint density at radius 3 is 2.34 bits per heavy atom. The van der Waals surface area contributed by atoms with Crippen LogP contribution < -0.4 is 10.1 Å². The van der Waals surface area contributed by atoms with Crippen LogP contribution in [0.15, 0.2) is 78.9 Å². The fraction of sp³-hybridized carbons (Fsp3) is 0.512. The van der Waals surface area contributed by atoms with E-state index in [1.165, 1.54) is 29.5 Å². The normalized spacial score (nSPS) is 21.8. The summed E-state index contributed by atoms with van der Waals surface area (Å²) in [4.78, 5) is 10.3. The maximum atomic E-state index is 9.79. The number of thiocarbonyl (C=S) groups is 2. The summed E-state index contributed by atoms with van der Waals surface area (Å²) in [5.41, 5.74) is 3.90. The Kier molecular flexibility index (Phi) is 12.5. The topological polar surface area (TPSA) is 54.5 Å². The average molecular weight is 714 g/mol. The Hall–Kier alpha value is -3.40. The number of rotatable bonds is 16. The maximum Gasteiger partial charge on any atom is 0.172 e. The van der Waals surface area contributed by atoms with Gasteiger partial charge in [0.15, 0.2) is 10.2 Å². The lowest BCUT2D eigenvalue weighted by atomic mass is 10.0. The summed E-state index contributed by atoms with van der Waals surface area (Å²) >= 11 is 12.3. The fourth-order valence-corrected chi connectivity index (χ4v) is 8.89. The van der Waals surface area contributed by atoms with Gasteiger partial charge >= 0.3 is 0 Å². The van der Waals surface area contributed by atoms with Crippen molar-refractivity contribution >= 4 is 34.7 Å². The Balaban J connectivity index is 1.17. The van der Waals surface area contributed by atoms with Crippen LogP contribution in [0.25, 0.3) is 0 Å². The molecule has 9 heteroatoms. The molecule has 0 radical (unpaired) electrons. The van der Waals surface area contributed by atoms with E-state index in [-0.39, 0.29) is 6.04 Å². The summed E-state index contributed by atoms with van der Waals surface area (Å²) in [5.74, 6) is 1.83. The summed E-state index contributed by atoms with van der Waals surface area (Å²) in [6.45, 7) is 13.1. The van der Waals surface area contributed by atoms with Crippen LogP contribution in [0.2, 0.25) is 0 Å². The van der Waals surface area contributed by atoms with Crippen molar-refractivity contribution in [2.45, 2.75) is 83.5 Å². The van der Waals surface area contributed by atoms with Crippen LogP contribution in [-0.2, 0) is 19.3 Å². The minimum atomic E-state index is 0.284. The smallest absolute Gasteiger partial charge is 0.172 e. The second-order valence-corrected chi connectivity index (χ2v) is 15.5. The molecule has 2 N–H and O–H groups in total. The largest absolute Gasteiger partial charge is 0.508 e. The van der Waals surface area contributed by atoms with Crippen LogP contribution in [0.5, 0.6) is 11.5 Å². The second-order valence-electron chi connectivity index (χ2n) is 14.7. The van der Waals surface area contributed by atoms with Crippen molar-refractivity contribution in [1.29, 1.82) is 0 Å². The highest BCUT2D eigenvalue weighted by Crippen LogP contribution is 2.29. The third kappa shape index (κ3) is 9.28. The predicted molar refractivity (Wildman–Crippen MR) is 212 cm³/mol. The molecule has 50 heavy (non-hydrogen) atoms. The van der Waals surface area contributed by atoms with Crippen LogP contribution in [0, 0.1) is 5.92 Å². The van der Waals surface area contributed by atoms with Gasteiger partial charge in [0, 0.05) is 50.8 Å². The molecule has 3 saturated heterocycles. The van der Waals surface area contributed by atoms with Gasteiger partial charge in [0.2, 0.25) is 0 Å². The van der Waals surface area contributed by atoms with Gasteiger partial charge in [0.05, 0.1) is 12.6 Å². The van der Waals surface area contributed by atoms with Crippen molar-refractivity contribution in [3.63, 3.8) is 0 Å². The van der Waals surface area contributed by atoms with Crippen LogP contribution in [0.4, 0.5) is 0 Å². The molecule has 3 aromatic carbocycles. The highest BCUT2D eigenvalue weighted by atomic mass is 32.1. The fourth-order valence-electron chi connectivity index (χ4n) is 8.12. The summed E-state index contributed by atoms with van der Waals surface area (Å²) in [6.07, 6.45) is 6.35. The molecule has 3 aromatic rings. The molecule has 3 aliphatic rings. The molecule has 0 aromatic heterocycles. The monoisotopic (exact) mass is 713 g/mol. The minimum absolute atomic E-state index is 0.284. The van der Waals surface area contributed by atoms with E-state index in [1.54, 1.807) is 12.1 Å². The van der Waals surface area contributed by atoms with E-state index >= 15 is 0 Å². The van der Waals surface area contributed by atoms with E-state index in [4.69, 9.17) is 29.2 Å². The Bertz CT molecular complexity index is 1540. The van der Waals surface area contributed by atoms with Crippen LogP contribution in [-0.4, -0.2) is 105 Å². The first kappa shape index (κ1) is 36.4. The number of phenolic OH excluding ortho intramolecular Hbond substituents is 1. The second kappa shape index (κ2) is 17.2. The zero-order valence-corrected chi connectivity index (χ0v) is 31.7. The van der Waals surface area contributed by atoms with Gasteiger partial charge in [-0.05, 0) is 123 Å². The number of benzene rings is 3. The van der Waals surface area contributed by atoms with Gasteiger partial charge in [-0.1, -0.05) is 68.4 Å². The molecule has 0 spiro atoms. The van der Waals surface area contributed by atoms with E-state index in [2.05, 4.69) is 93.4 Å². The molecule has 3 heterocycles. The van der Waals surface area contributed by atoms with Crippen molar-refractivity contribution in [3.8, 4) is 11.5 Å². The lowest BCUT2D eigenvalue weighted by molar-refractivity contribution is 0.159. The number of likely N-dealkylation sites (tertiary alicyclic amines) is 1. The van der Waals surface area contributed by atoms with Crippen molar-refractivity contribution < 1.29 is 9.84 Å². The maximum absolute atomic E-state index is 9.79. The van der Waals surface area contributed by atoms with Crippen molar-refractivity contribution in [2.24, 2.45) is 5.92 Å². The van der Waals surface area contributed by atoms with Crippen molar-refractivity contribution in [3.05, 3.63) is 95.6 Å². The minimum Gasteiger partial charge on any atom is -0.508 e. The third-order valence-electron chi connectivity index (χ3n) is 10.7. The van der Waals surface area contributed by atoms with Gasteiger partial charge in [-0.15, -0.1) is 0 Å². The van der Waals surface area contributed by atoms with Crippen molar-refractivity contribution in [2.75, 3.05) is 45.9 Å². The van der Waals surface area contributed by atoms with Gasteiger partial charge < -0.3 is 29.9 Å². The number of phenols is 1. The van der Waals surface area contributed by atoms with E-state index in [0.29, 0.717) is 36.4 Å². The summed E-state index contributed by atoms with van der Waals surface area (Å²) in [5, 5.41) is 15.1. The Labute approximate surface area is 310 Å². The summed E-state index contributed by atoms with van der Waals surface area (Å²) in [7, 11) is 0. The number of hydrogen-bond donors (Lipinski definition) is 2. The highest BCUT2D eigenvalue weighted by molar-refractivity contribution is 7.80.